The number of aromatic amines is 1. The number of hydrogen-bond acceptors (Lipinski definition) is 6. The molecule has 3 rings (SSSR count). The number of rotatable bonds is 4. The first-order valence-electron chi connectivity index (χ1n) is 6.66. The number of H-pyrrole nitrogens is 1. The van der Waals surface area contributed by atoms with Crippen LogP contribution in [-0.2, 0) is 0 Å². The van der Waals surface area contributed by atoms with E-state index < -0.39 is 0 Å². The van der Waals surface area contributed by atoms with Crippen LogP contribution in [0.4, 0.5) is 10.8 Å². The summed E-state index contributed by atoms with van der Waals surface area (Å²) in [6.45, 7) is 3.87. The molecule has 0 bridgehead atoms. The van der Waals surface area contributed by atoms with Crippen LogP contribution in [0.1, 0.15) is 20.9 Å². The first kappa shape index (κ1) is 14.7. The SMILES string of the molecule is CNc1snc(C)c1C(=O)Nc1cc(-c2ccc(C)s2)[nH]n1. The molecule has 0 unspecified atom stereocenters. The zero-order valence-electron chi connectivity index (χ0n) is 12.4. The fourth-order valence-electron chi connectivity index (χ4n) is 2.08. The van der Waals surface area contributed by atoms with Crippen molar-refractivity contribution in [2.24, 2.45) is 0 Å². The van der Waals surface area contributed by atoms with E-state index in [1.54, 1.807) is 18.4 Å². The molecule has 0 saturated heterocycles. The van der Waals surface area contributed by atoms with E-state index in [9.17, 15) is 4.79 Å². The van der Waals surface area contributed by atoms with Gasteiger partial charge in [-0.3, -0.25) is 9.89 Å². The molecule has 0 atom stereocenters. The highest BCUT2D eigenvalue weighted by Gasteiger charge is 2.18. The Bertz CT molecular complexity index is 817. The van der Waals surface area contributed by atoms with Crippen molar-refractivity contribution in [1.82, 2.24) is 14.6 Å². The lowest BCUT2D eigenvalue weighted by atomic mass is 10.2. The Hall–Kier alpha value is -2.19. The highest BCUT2D eigenvalue weighted by Crippen LogP contribution is 2.28. The van der Waals surface area contributed by atoms with Crippen LogP contribution in [-0.4, -0.2) is 27.5 Å². The van der Waals surface area contributed by atoms with Crippen LogP contribution in [0.5, 0.6) is 0 Å². The van der Waals surface area contributed by atoms with Crippen LogP contribution in [0, 0.1) is 13.8 Å². The summed E-state index contributed by atoms with van der Waals surface area (Å²) >= 11 is 2.95. The third-order valence-electron chi connectivity index (χ3n) is 3.14. The molecule has 114 valence electrons. The predicted octanol–water partition coefficient (Wildman–Crippen LogP) is 3.51. The van der Waals surface area contributed by atoms with E-state index >= 15 is 0 Å². The molecule has 0 aliphatic heterocycles. The average molecular weight is 333 g/mol. The number of nitrogens with one attached hydrogen (secondary N) is 3. The van der Waals surface area contributed by atoms with Gasteiger partial charge in [0.05, 0.1) is 21.8 Å². The summed E-state index contributed by atoms with van der Waals surface area (Å²) < 4.78 is 4.20. The van der Waals surface area contributed by atoms with Gasteiger partial charge in [-0.05, 0) is 37.5 Å². The second kappa shape index (κ2) is 5.90. The van der Waals surface area contributed by atoms with Gasteiger partial charge in [-0.2, -0.15) is 9.47 Å². The summed E-state index contributed by atoms with van der Waals surface area (Å²) in [6, 6.07) is 5.92. The number of aryl methyl sites for hydroxylation is 2. The molecular weight excluding hydrogens is 318 g/mol. The number of thiophene rings is 1. The standard InChI is InChI=1S/C14H15N5OS2/c1-7-4-5-10(21-7)9-6-11(18-17-9)16-13(20)12-8(2)19-22-14(12)15-3/h4-6,15H,1-3H3,(H2,16,17,18,20). The Morgan fingerprint density at radius 3 is 2.82 bits per heavy atom. The molecule has 0 fully saturated rings. The van der Waals surface area contributed by atoms with E-state index in [-0.39, 0.29) is 5.91 Å². The Labute approximate surface area is 135 Å². The summed E-state index contributed by atoms with van der Waals surface area (Å²) in [5.41, 5.74) is 2.16. The van der Waals surface area contributed by atoms with Crippen molar-refractivity contribution in [2.45, 2.75) is 13.8 Å². The molecular formula is C14H15N5OS2. The lowest BCUT2D eigenvalue weighted by molar-refractivity contribution is 0.102. The van der Waals surface area contributed by atoms with Gasteiger partial charge in [0.2, 0.25) is 0 Å². The van der Waals surface area contributed by atoms with Crippen LogP contribution in [0.3, 0.4) is 0 Å². The molecule has 3 heterocycles. The fraction of sp³-hybridized carbons (Fsp3) is 0.214. The maximum Gasteiger partial charge on any atom is 0.261 e. The van der Waals surface area contributed by atoms with Gasteiger partial charge in [0.25, 0.3) is 5.91 Å². The lowest BCUT2D eigenvalue weighted by Gasteiger charge is -2.03. The Morgan fingerprint density at radius 1 is 1.32 bits per heavy atom. The zero-order valence-corrected chi connectivity index (χ0v) is 14.0. The average Bonchev–Trinajstić information content (AvgIpc) is 3.18. The molecule has 0 aliphatic rings. The maximum absolute atomic E-state index is 12.4. The molecule has 0 saturated carbocycles. The molecule has 6 nitrogen and oxygen atoms in total. The van der Waals surface area contributed by atoms with E-state index in [2.05, 4.69) is 38.2 Å². The van der Waals surface area contributed by atoms with Crippen LogP contribution in [0.15, 0.2) is 18.2 Å². The molecule has 0 radical (unpaired) electrons. The molecule has 1 amide bonds. The van der Waals surface area contributed by atoms with Crippen molar-refractivity contribution in [2.75, 3.05) is 17.7 Å². The zero-order chi connectivity index (χ0) is 15.7. The molecule has 3 N–H and O–H groups in total. The number of carbonyl (C=O) groups excluding carboxylic acids is 1. The first-order valence-corrected chi connectivity index (χ1v) is 8.25. The highest BCUT2D eigenvalue weighted by atomic mass is 32.1. The van der Waals surface area contributed by atoms with E-state index in [0.29, 0.717) is 17.1 Å². The number of amides is 1. The van der Waals surface area contributed by atoms with Gasteiger partial charge >= 0.3 is 0 Å². The monoisotopic (exact) mass is 333 g/mol. The quantitative estimate of drug-likeness (QED) is 0.682. The van der Waals surface area contributed by atoms with Gasteiger partial charge < -0.3 is 10.6 Å². The molecule has 0 aromatic carbocycles. The summed E-state index contributed by atoms with van der Waals surface area (Å²) in [5.74, 6) is 0.287. The normalized spacial score (nSPS) is 10.7. The predicted molar refractivity (Wildman–Crippen MR) is 91.0 cm³/mol. The summed E-state index contributed by atoms with van der Waals surface area (Å²) in [6.07, 6.45) is 0. The van der Waals surface area contributed by atoms with Crippen molar-refractivity contribution < 1.29 is 4.79 Å². The second-order valence-electron chi connectivity index (χ2n) is 4.75. The summed E-state index contributed by atoms with van der Waals surface area (Å²) in [7, 11) is 1.77. The fourth-order valence-corrected chi connectivity index (χ4v) is 3.65. The van der Waals surface area contributed by atoms with E-state index in [1.165, 1.54) is 16.4 Å². The van der Waals surface area contributed by atoms with Gasteiger partial charge in [-0.1, -0.05) is 0 Å². The minimum Gasteiger partial charge on any atom is -0.378 e. The van der Waals surface area contributed by atoms with Crippen LogP contribution in [0.2, 0.25) is 0 Å². The highest BCUT2D eigenvalue weighted by molar-refractivity contribution is 7.15. The molecule has 22 heavy (non-hydrogen) atoms. The van der Waals surface area contributed by atoms with Crippen molar-refractivity contribution in [1.29, 1.82) is 0 Å². The van der Waals surface area contributed by atoms with E-state index in [1.807, 2.05) is 19.1 Å². The Balaban J connectivity index is 1.80. The van der Waals surface area contributed by atoms with Gasteiger partial charge in [0.15, 0.2) is 5.82 Å². The maximum atomic E-state index is 12.4. The number of nitrogens with zero attached hydrogens (tertiary/aromatic N) is 2. The molecule has 8 heteroatoms. The summed E-state index contributed by atoms with van der Waals surface area (Å²) in [4.78, 5) is 14.7. The largest absolute Gasteiger partial charge is 0.378 e. The Kier molecular flexibility index (Phi) is 3.95. The number of carbonyl (C=O) groups is 1. The first-order chi connectivity index (χ1) is 10.6. The number of anilines is 2. The Morgan fingerprint density at radius 2 is 2.14 bits per heavy atom. The van der Waals surface area contributed by atoms with Crippen LogP contribution in [0.25, 0.3) is 10.6 Å². The number of hydrogen-bond donors (Lipinski definition) is 3. The molecule has 3 aromatic heterocycles. The second-order valence-corrected chi connectivity index (χ2v) is 6.81. The third kappa shape index (κ3) is 2.75. The van der Waals surface area contributed by atoms with Crippen molar-refractivity contribution in [3.8, 4) is 10.6 Å². The van der Waals surface area contributed by atoms with Crippen molar-refractivity contribution in [3.63, 3.8) is 0 Å². The van der Waals surface area contributed by atoms with E-state index in [0.717, 1.165) is 15.6 Å². The van der Waals surface area contributed by atoms with Crippen LogP contribution < -0.4 is 10.6 Å². The van der Waals surface area contributed by atoms with Crippen LogP contribution >= 0.6 is 22.9 Å². The van der Waals surface area contributed by atoms with Gasteiger partial charge in [-0.25, -0.2) is 0 Å². The minimum atomic E-state index is -0.212. The number of aromatic nitrogens is 3. The molecule has 3 aromatic rings. The molecule has 0 spiro atoms. The smallest absolute Gasteiger partial charge is 0.261 e. The van der Waals surface area contributed by atoms with Gasteiger partial charge in [0, 0.05) is 18.0 Å². The third-order valence-corrected chi connectivity index (χ3v) is 5.13. The minimum absolute atomic E-state index is 0.212. The molecule has 0 aliphatic carbocycles. The van der Waals surface area contributed by atoms with Crippen molar-refractivity contribution in [3.05, 3.63) is 34.3 Å². The van der Waals surface area contributed by atoms with E-state index in [4.69, 9.17) is 0 Å². The lowest BCUT2D eigenvalue weighted by Crippen LogP contribution is -2.14. The van der Waals surface area contributed by atoms with Crippen molar-refractivity contribution >= 4 is 39.6 Å². The summed E-state index contributed by atoms with van der Waals surface area (Å²) in [5, 5.41) is 13.6. The van der Waals surface area contributed by atoms with Gasteiger partial charge in [0.1, 0.15) is 5.00 Å². The van der Waals surface area contributed by atoms with Gasteiger partial charge in [-0.15, -0.1) is 11.3 Å². The topological polar surface area (TPSA) is 82.7 Å².